The maximum Gasteiger partial charge on any atom is 0.673 e. The summed E-state index contributed by atoms with van der Waals surface area (Å²) in [6, 6.07) is 26.8. The summed E-state index contributed by atoms with van der Waals surface area (Å²) in [6.45, 7) is 1.93. The number of benzene rings is 3. The van der Waals surface area contributed by atoms with Crippen molar-refractivity contribution < 1.29 is 26.7 Å². The Morgan fingerprint density at radius 3 is 2.14 bits per heavy atom. The standard InChI is InChI=1S/C26H20ClN3O2.BF4/c1-17-25(26(31)30(29(17)2)20-8-4-3-5-9-20)28-22-16-24(18-12-14-19(27)15-13-18)32-23-11-7-6-10-21(22)23;2-1(3,4)5/h3-16H,1-2H3;/q;-1/p+1. The van der Waals surface area contributed by atoms with E-state index in [0.29, 0.717) is 16.5 Å². The third kappa shape index (κ3) is 6.03. The molecule has 5 aromatic rings. The molecule has 190 valence electrons. The van der Waals surface area contributed by atoms with Crippen molar-refractivity contribution in [1.29, 1.82) is 0 Å². The fourth-order valence-corrected chi connectivity index (χ4v) is 3.97. The predicted molar refractivity (Wildman–Crippen MR) is 136 cm³/mol. The number of aromatic nitrogens is 2. The maximum atomic E-state index is 13.4. The lowest BCUT2D eigenvalue weighted by Gasteiger charge is -2.06. The zero-order valence-corrected chi connectivity index (χ0v) is 20.5. The van der Waals surface area contributed by atoms with E-state index in [1.54, 1.807) is 4.68 Å². The molecule has 5 rings (SSSR count). The van der Waals surface area contributed by atoms with Crippen molar-refractivity contribution in [2.75, 3.05) is 0 Å². The van der Waals surface area contributed by atoms with Gasteiger partial charge in [0.15, 0.2) is 0 Å². The second-order valence-electron chi connectivity index (χ2n) is 8.08. The van der Waals surface area contributed by atoms with E-state index in [4.69, 9.17) is 16.0 Å². The normalized spacial score (nSPS) is 11.9. The van der Waals surface area contributed by atoms with Gasteiger partial charge in [-0.05, 0) is 55.5 Å². The van der Waals surface area contributed by atoms with Gasteiger partial charge in [0.1, 0.15) is 17.0 Å². The van der Waals surface area contributed by atoms with Crippen LogP contribution in [0.2, 0.25) is 5.02 Å². The molecule has 0 spiro atoms. The fourth-order valence-electron chi connectivity index (χ4n) is 3.84. The Morgan fingerprint density at radius 2 is 1.49 bits per heavy atom. The monoisotopic (exact) mass is 529 g/mol. The Labute approximate surface area is 214 Å². The molecule has 0 atom stereocenters. The Kier molecular flexibility index (Phi) is 7.40. The van der Waals surface area contributed by atoms with Crippen LogP contribution in [0.5, 0.6) is 0 Å². The van der Waals surface area contributed by atoms with Crippen LogP contribution >= 0.6 is 11.6 Å². The molecule has 1 N–H and O–H groups in total. The zero-order valence-electron chi connectivity index (χ0n) is 19.8. The molecular formula is C26H21BClF4N3O2. The lowest BCUT2D eigenvalue weighted by Crippen LogP contribution is -2.72. The minimum Gasteiger partial charge on any atom is -0.456 e. The molecule has 3 aromatic carbocycles. The largest absolute Gasteiger partial charge is 0.673 e. The number of hydrogen-bond acceptors (Lipinski definition) is 2. The van der Waals surface area contributed by atoms with Crippen LogP contribution in [0.3, 0.4) is 0 Å². The molecule has 0 aliphatic heterocycles. The first-order valence-electron chi connectivity index (χ1n) is 11.1. The van der Waals surface area contributed by atoms with Crippen LogP contribution in [0.4, 0.5) is 23.0 Å². The zero-order chi connectivity index (χ0) is 26.7. The summed E-state index contributed by atoms with van der Waals surface area (Å²) in [6.07, 6.45) is 0. The van der Waals surface area contributed by atoms with Crippen LogP contribution in [0.15, 0.2) is 94.1 Å². The number of halogens is 5. The molecule has 0 saturated heterocycles. The molecule has 37 heavy (non-hydrogen) atoms. The van der Waals surface area contributed by atoms with Crippen molar-refractivity contribution in [3.8, 4) is 17.0 Å². The Morgan fingerprint density at radius 1 is 0.892 bits per heavy atom. The predicted octanol–water partition coefficient (Wildman–Crippen LogP) is 5.16. The molecule has 0 unspecified atom stereocenters. The lowest BCUT2D eigenvalue weighted by molar-refractivity contribution is -0.402. The minimum atomic E-state index is -6.00. The molecule has 2 aromatic heterocycles. The van der Waals surface area contributed by atoms with Crippen molar-refractivity contribution in [3.05, 3.63) is 111 Å². The van der Waals surface area contributed by atoms with E-state index < -0.39 is 7.25 Å². The van der Waals surface area contributed by atoms with E-state index in [-0.39, 0.29) is 5.56 Å². The Balaban J connectivity index is 0.000000586. The van der Waals surface area contributed by atoms with E-state index in [9.17, 15) is 22.1 Å². The van der Waals surface area contributed by atoms with Crippen molar-refractivity contribution in [2.24, 2.45) is 7.05 Å². The summed E-state index contributed by atoms with van der Waals surface area (Å²) < 4.78 is 48.7. The van der Waals surface area contributed by atoms with Gasteiger partial charge in [0, 0.05) is 17.6 Å². The van der Waals surface area contributed by atoms with Gasteiger partial charge >= 0.3 is 12.8 Å². The molecule has 0 aliphatic rings. The van der Waals surface area contributed by atoms with Gasteiger partial charge < -0.3 is 21.7 Å². The van der Waals surface area contributed by atoms with Gasteiger partial charge in [0.2, 0.25) is 5.36 Å². The second kappa shape index (κ2) is 10.5. The highest BCUT2D eigenvalue weighted by Gasteiger charge is 2.21. The molecule has 0 radical (unpaired) electrons. The first-order valence-corrected chi connectivity index (χ1v) is 11.5. The molecule has 0 saturated carbocycles. The van der Waals surface area contributed by atoms with Gasteiger partial charge in [-0.1, -0.05) is 41.9 Å². The smallest absolute Gasteiger partial charge is 0.456 e. The lowest BCUT2D eigenvalue weighted by atomic mass is 10.1. The van der Waals surface area contributed by atoms with Crippen LogP contribution in [0.25, 0.3) is 28.0 Å². The highest BCUT2D eigenvalue weighted by atomic mass is 35.5. The SMILES string of the molecule is Cc1c([NH+]=c2cc(-c3ccc(Cl)cc3)oc3ccccc23)c(=O)n(-c2ccccc2)n1C.F[B-](F)(F)F. The van der Waals surface area contributed by atoms with Crippen LogP contribution in [-0.2, 0) is 7.05 Å². The fraction of sp³-hybridized carbons (Fsp3) is 0.0769. The van der Waals surface area contributed by atoms with Crippen LogP contribution in [0, 0.1) is 6.92 Å². The quantitative estimate of drug-likeness (QED) is 0.259. The minimum absolute atomic E-state index is 0.117. The average molecular weight is 530 g/mol. The van der Waals surface area contributed by atoms with Gasteiger partial charge in [-0.15, -0.1) is 0 Å². The van der Waals surface area contributed by atoms with Crippen LogP contribution in [0.1, 0.15) is 5.69 Å². The Bertz CT molecular complexity index is 1670. The van der Waals surface area contributed by atoms with E-state index in [1.165, 1.54) is 0 Å². The van der Waals surface area contributed by atoms with Gasteiger partial charge in [-0.2, -0.15) is 4.99 Å². The highest BCUT2D eigenvalue weighted by molar-refractivity contribution is 6.50. The molecule has 0 bridgehead atoms. The summed E-state index contributed by atoms with van der Waals surface area (Å²) in [5, 5.41) is 2.34. The van der Waals surface area contributed by atoms with Crippen molar-refractivity contribution >= 4 is 35.5 Å². The van der Waals surface area contributed by atoms with Gasteiger partial charge in [-0.3, -0.25) is 9.48 Å². The number of rotatable bonds is 3. The second-order valence-corrected chi connectivity index (χ2v) is 8.52. The van der Waals surface area contributed by atoms with E-state index in [2.05, 4.69) is 4.99 Å². The molecule has 0 aliphatic carbocycles. The molecule has 0 amide bonds. The number of hydrogen-bond donors (Lipinski definition) is 1. The summed E-state index contributed by atoms with van der Waals surface area (Å²) in [4.78, 5) is 16.8. The van der Waals surface area contributed by atoms with E-state index in [0.717, 1.165) is 33.3 Å². The molecular weight excluding hydrogens is 509 g/mol. The van der Waals surface area contributed by atoms with Crippen molar-refractivity contribution in [1.82, 2.24) is 9.36 Å². The van der Waals surface area contributed by atoms with Gasteiger partial charge in [0.25, 0.3) is 5.69 Å². The maximum absolute atomic E-state index is 13.4. The Hall–Kier alpha value is -4.05. The number of fused-ring (bicyclic) bond motifs is 1. The number of para-hydroxylation sites is 2. The van der Waals surface area contributed by atoms with Crippen molar-refractivity contribution in [2.45, 2.75) is 6.92 Å². The van der Waals surface area contributed by atoms with E-state index >= 15 is 0 Å². The van der Waals surface area contributed by atoms with Crippen LogP contribution in [-0.4, -0.2) is 16.6 Å². The summed E-state index contributed by atoms with van der Waals surface area (Å²) in [5.41, 5.74) is 3.67. The van der Waals surface area contributed by atoms with Gasteiger partial charge in [-0.25, -0.2) is 4.68 Å². The molecule has 2 heterocycles. The number of nitrogens with zero attached hydrogens (tertiary/aromatic N) is 2. The van der Waals surface area contributed by atoms with E-state index in [1.807, 2.05) is 104 Å². The third-order valence-electron chi connectivity index (χ3n) is 5.62. The highest BCUT2D eigenvalue weighted by Crippen LogP contribution is 2.23. The first kappa shape index (κ1) is 26.0. The molecule has 11 heteroatoms. The van der Waals surface area contributed by atoms with Crippen molar-refractivity contribution in [3.63, 3.8) is 0 Å². The summed E-state index contributed by atoms with van der Waals surface area (Å²) in [5.74, 6) is 0.680. The van der Waals surface area contributed by atoms with Gasteiger partial charge in [0.05, 0.1) is 17.1 Å². The topological polar surface area (TPSA) is 54.0 Å². The summed E-state index contributed by atoms with van der Waals surface area (Å²) in [7, 11) is -4.12. The molecule has 0 fully saturated rings. The average Bonchev–Trinajstić information content (AvgIpc) is 3.07. The molecule has 5 nitrogen and oxygen atoms in total. The van der Waals surface area contributed by atoms with Crippen LogP contribution < -0.4 is 15.9 Å². The first-order chi connectivity index (χ1) is 17.5. The summed E-state index contributed by atoms with van der Waals surface area (Å²) >= 11 is 6.05. The third-order valence-corrected chi connectivity index (χ3v) is 5.87. The number of nitrogens with one attached hydrogen (secondary N) is 1.